The van der Waals surface area contributed by atoms with E-state index in [0.717, 1.165) is 19.3 Å². The zero-order valence-electron chi connectivity index (χ0n) is 26.3. The highest BCUT2D eigenvalue weighted by atomic mass is 32.2. The number of thioether (sulfide) groups is 1. The van der Waals surface area contributed by atoms with Gasteiger partial charge >= 0.3 is 5.97 Å². The van der Waals surface area contributed by atoms with Crippen LogP contribution in [0.4, 0.5) is 0 Å². The number of nitrogens with one attached hydrogen (secondary N) is 1. The number of amides is 1. The van der Waals surface area contributed by atoms with Crippen molar-refractivity contribution in [3.05, 3.63) is 42.5 Å². The standard InChI is InChI=1S/C34H49NO6S/c1-9-32(6)18-26(33(7)21(2)13-15-34(22(3)29(32)38)16-14-25(36)28(33)34)41-27(37)19-42-31(4,5)20-35-30(39)23-11-10-12-24(17-23)40-8/h9-12,17,21-22,26,28-29,38H,1,13-16,18-20H2,2-8H3,(H,35,39)/t21-,22+,26-,28+,29+,32-,33+,34+/m1/s1. The molecule has 3 aliphatic carbocycles. The molecule has 2 bridgehead atoms. The predicted molar refractivity (Wildman–Crippen MR) is 167 cm³/mol. The van der Waals surface area contributed by atoms with E-state index in [1.807, 2.05) is 26.8 Å². The zero-order valence-corrected chi connectivity index (χ0v) is 27.1. The maximum Gasteiger partial charge on any atom is 0.316 e. The first-order valence-corrected chi connectivity index (χ1v) is 16.2. The van der Waals surface area contributed by atoms with Crippen LogP contribution in [0.2, 0.25) is 0 Å². The summed E-state index contributed by atoms with van der Waals surface area (Å²) in [4.78, 5) is 39.8. The lowest BCUT2D eigenvalue weighted by molar-refractivity contribution is -0.205. The molecule has 1 amide bonds. The first kappa shape index (κ1) is 32.6. The van der Waals surface area contributed by atoms with Gasteiger partial charge in [0.2, 0.25) is 0 Å². The quantitative estimate of drug-likeness (QED) is 0.272. The van der Waals surface area contributed by atoms with Gasteiger partial charge in [0.15, 0.2) is 0 Å². The Morgan fingerprint density at radius 2 is 1.95 bits per heavy atom. The molecule has 3 fully saturated rings. The van der Waals surface area contributed by atoms with Crippen LogP contribution in [0, 0.1) is 34.0 Å². The Hall–Kier alpha value is -2.32. The van der Waals surface area contributed by atoms with Crippen LogP contribution in [0.25, 0.3) is 0 Å². The van der Waals surface area contributed by atoms with E-state index in [-0.39, 0.29) is 46.6 Å². The molecule has 0 heterocycles. The minimum absolute atomic E-state index is 0.0658. The summed E-state index contributed by atoms with van der Waals surface area (Å²) in [6.07, 6.45) is 4.13. The number of ketones is 1. The molecule has 8 atom stereocenters. The minimum Gasteiger partial charge on any atom is -0.497 e. The molecular weight excluding hydrogens is 550 g/mol. The normalized spacial score (nSPS) is 36.3. The number of methoxy groups -OCH3 is 1. The van der Waals surface area contributed by atoms with Crippen LogP contribution in [0.1, 0.15) is 84.0 Å². The number of ether oxygens (including phenoxy) is 2. The second-order valence-electron chi connectivity index (χ2n) is 14.0. The molecule has 0 unspecified atom stereocenters. The van der Waals surface area contributed by atoms with Crippen molar-refractivity contribution in [2.24, 2.45) is 34.0 Å². The highest BCUT2D eigenvalue weighted by Gasteiger charge is 2.68. The lowest BCUT2D eigenvalue weighted by atomic mass is 9.44. The fraction of sp³-hybridized carbons (Fsp3) is 0.676. The Labute approximate surface area is 255 Å². The van der Waals surface area contributed by atoms with Crippen LogP contribution in [0.3, 0.4) is 0 Å². The van der Waals surface area contributed by atoms with E-state index in [1.165, 1.54) is 11.8 Å². The summed E-state index contributed by atoms with van der Waals surface area (Å²) in [7, 11) is 1.56. The van der Waals surface area contributed by atoms with E-state index < -0.39 is 27.8 Å². The minimum atomic E-state index is -0.691. The number of aliphatic hydroxyl groups is 1. The molecule has 2 N–H and O–H groups in total. The van der Waals surface area contributed by atoms with Gasteiger partial charge in [0.1, 0.15) is 17.6 Å². The summed E-state index contributed by atoms with van der Waals surface area (Å²) < 4.78 is 11.1. The maximum atomic E-state index is 13.6. The van der Waals surface area contributed by atoms with Crippen LogP contribution >= 0.6 is 11.8 Å². The van der Waals surface area contributed by atoms with Gasteiger partial charge in [-0.25, -0.2) is 0 Å². The van der Waals surface area contributed by atoms with Crippen molar-refractivity contribution in [2.45, 2.75) is 90.6 Å². The van der Waals surface area contributed by atoms with Crippen molar-refractivity contribution in [1.29, 1.82) is 0 Å². The third kappa shape index (κ3) is 5.78. The van der Waals surface area contributed by atoms with Gasteiger partial charge in [-0.3, -0.25) is 14.4 Å². The van der Waals surface area contributed by atoms with E-state index in [1.54, 1.807) is 31.4 Å². The maximum absolute atomic E-state index is 13.6. The molecule has 8 heteroatoms. The molecule has 1 aromatic carbocycles. The molecule has 232 valence electrons. The Morgan fingerprint density at radius 1 is 1.24 bits per heavy atom. The molecule has 0 saturated heterocycles. The van der Waals surface area contributed by atoms with E-state index in [2.05, 4.69) is 32.7 Å². The van der Waals surface area contributed by atoms with Crippen LogP contribution in [0.15, 0.2) is 36.9 Å². The molecule has 0 spiro atoms. The first-order chi connectivity index (χ1) is 19.6. The number of aliphatic hydroxyl groups excluding tert-OH is 1. The van der Waals surface area contributed by atoms with Gasteiger partial charge in [-0.05, 0) is 75.0 Å². The molecule has 0 radical (unpaired) electrons. The number of esters is 1. The highest BCUT2D eigenvalue weighted by molar-refractivity contribution is 8.01. The average molecular weight is 600 g/mol. The molecule has 0 aliphatic heterocycles. The van der Waals surface area contributed by atoms with Crippen molar-refractivity contribution in [1.82, 2.24) is 5.32 Å². The topological polar surface area (TPSA) is 102 Å². The lowest BCUT2D eigenvalue weighted by Gasteiger charge is -2.61. The van der Waals surface area contributed by atoms with Crippen molar-refractivity contribution in [3.8, 4) is 5.75 Å². The largest absolute Gasteiger partial charge is 0.497 e. The molecule has 1 aromatic rings. The lowest BCUT2D eigenvalue weighted by Crippen LogP contribution is -2.63. The summed E-state index contributed by atoms with van der Waals surface area (Å²) in [5, 5.41) is 14.7. The zero-order chi connectivity index (χ0) is 31.1. The molecule has 42 heavy (non-hydrogen) atoms. The summed E-state index contributed by atoms with van der Waals surface area (Å²) in [5.74, 6) is 0.278. The number of benzene rings is 1. The summed E-state index contributed by atoms with van der Waals surface area (Å²) >= 11 is 1.43. The average Bonchev–Trinajstić information content (AvgIpc) is 3.33. The number of carbonyl (C=O) groups is 3. The first-order valence-electron chi connectivity index (χ1n) is 15.2. The Kier molecular flexibility index (Phi) is 9.30. The van der Waals surface area contributed by atoms with Crippen LogP contribution < -0.4 is 10.1 Å². The molecular formula is C34H49NO6S. The van der Waals surface area contributed by atoms with Crippen molar-refractivity contribution < 1.29 is 29.0 Å². The molecule has 7 nitrogen and oxygen atoms in total. The Balaban J connectivity index is 1.49. The monoisotopic (exact) mass is 599 g/mol. The number of carbonyl (C=O) groups excluding carboxylic acids is 3. The van der Waals surface area contributed by atoms with Crippen LogP contribution in [-0.2, 0) is 14.3 Å². The predicted octanol–water partition coefficient (Wildman–Crippen LogP) is 5.84. The number of hydrogen-bond acceptors (Lipinski definition) is 7. The van der Waals surface area contributed by atoms with E-state index in [9.17, 15) is 19.5 Å². The van der Waals surface area contributed by atoms with E-state index in [4.69, 9.17) is 9.47 Å². The van der Waals surface area contributed by atoms with Gasteiger partial charge < -0.3 is 19.9 Å². The van der Waals surface area contributed by atoms with Crippen molar-refractivity contribution >= 4 is 29.4 Å². The number of Topliss-reactive ketones (excluding diaryl/α,β-unsaturated/α-hetero) is 1. The number of rotatable bonds is 9. The summed E-state index contributed by atoms with van der Waals surface area (Å²) in [5.41, 5.74) is -0.994. The van der Waals surface area contributed by atoms with Gasteiger partial charge in [0, 0.05) is 40.0 Å². The summed E-state index contributed by atoms with van der Waals surface area (Å²) in [6.45, 7) is 16.8. The molecule has 3 saturated carbocycles. The Bertz CT molecular complexity index is 1220. The summed E-state index contributed by atoms with van der Waals surface area (Å²) in [6, 6.07) is 6.98. The molecule has 0 aromatic heterocycles. The Morgan fingerprint density at radius 3 is 2.62 bits per heavy atom. The second kappa shape index (κ2) is 12.0. The fourth-order valence-corrected chi connectivity index (χ4v) is 8.91. The third-order valence-corrected chi connectivity index (χ3v) is 12.5. The van der Waals surface area contributed by atoms with Crippen LogP contribution in [0.5, 0.6) is 5.75 Å². The van der Waals surface area contributed by atoms with E-state index in [0.29, 0.717) is 30.7 Å². The fourth-order valence-electron chi connectivity index (χ4n) is 8.16. The van der Waals surface area contributed by atoms with Gasteiger partial charge in [0.05, 0.1) is 19.0 Å². The second-order valence-corrected chi connectivity index (χ2v) is 15.7. The van der Waals surface area contributed by atoms with Crippen molar-refractivity contribution in [2.75, 3.05) is 19.4 Å². The van der Waals surface area contributed by atoms with Crippen LogP contribution in [-0.4, -0.2) is 59.1 Å². The smallest absolute Gasteiger partial charge is 0.316 e. The van der Waals surface area contributed by atoms with Gasteiger partial charge in [0.25, 0.3) is 5.91 Å². The van der Waals surface area contributed by atoms with Gasteiger partial charge in [-0.15, -0.1) is 18.3 Å². The van der Waals surface area contributed by atoms with E-state index >= 15 is 0 Å². The van der Waals surface area contributed by atoms with Gasteiger partial charge in [-0.2, -0.15) is 0 Å². The molecule has 3 aliphatic rings. The van der Waals surface area contributed by atoms with Gasteiger partial charge in [-0.1, -0.05) is 39.8 Å². The van der Waals surface area contributed by atoms with Crippen molar-refractivity contribution in [3.63, 3.8) is 0 Å². The number of hydrogen-bond donors (Lipinski definition) is 2. The third-order valence-electron chi connectivity index (χ3n) is 11.2. The highest BCUT2D eigenvalue weighted by Crippen LogP contribution is 2.68. The molecule has 4 rings (SSSR count). The SMILES string of the molecule is C=C[C@]1(C)C[C@@H](OC(=O)CSC(C)(C)CNC(=O)c2cccc(OC)c2)[C@]2(C)[C@H](C)CC[C@]3(CCC(=O)[C@H]32)[C@@H](C)[C@@H]1O.